The second-order valence-electron chi connectivity index (χ2n) is 5.67. The Balaban J connectivity index is 1.87. The number of imidazole rings is 2. The van der Waals surface area contributed by atoms with Crippen LogP contribution in [-0.4, -0.2) is 23.7 Å². The van der Waals surface area contributed by atoms with Gasteiger partial charge in [0.1, 0.15) is 11.5 Å². The summed E-state index contributed by atoms with van der Waals surface area (Å²) < 4.78 is 10.8. The number of aromatic nitrogens is 5. The van der Waals surface area contributed by atoms with E-state index in [4.69, 9.17) is 4.42 Å². The zero-order valence-electron chi connectivity index (χ0n) is 13.7. The van der Waals surface area contributed by atoms with E-state index in [0.717, 1.165) is 28.5 Å². The molecule has 0 fully saturated rings. The smallest absolute Gasteiger partial charge is 0.408 e. The second-order valence-corrected chi connectivity index (χ2v) is 5.67. The van der Waals surface area contributed by atoms with Gasteiger partial charge in [-0.3, -0.25) is 9.13 Å². The van der Waals surface area contributed by atoms with Gasteiger partial charge in [0.2, 0.25) is 0 Å². The number of hydrogen-bond donors (Lipinski definition) is 0. The van der Waals surface area contributed by atoms with Gasteiger partial charge in [0.05, 0.1) is 11.2 Å². The number of fused-ring (bicyclic) bond motifs is 1. The van der Waals surface area contributed by atoms with Crippen LogP contribution in [0.25, 0.3) is 28.3 Å². The SMILES string of the molecule is CCn1c(=O)oc2cc(-n3ccnc3-c3cn(C)c(C)n3)ccc21. The molecule has 0 bridgehead atoms. The van der Waals surface area contributed by atoms with Crippen molar-refractivity contribution in [3.8, 4) is 17.2 Å². The fourth-order valence-electron chi connectivity index (χ4n) is 2.87. The van der Waals surface area contributed by atoms with Crippen LogP contribution in [0.1, 0.15) is 12.7 Å². The third kappa shape index (κ3) is 2.09. The molecule has 7 heteroatoms. The molecule has 122 valence electrons. The van der Waals surface area contributed by atoms with E-state index >= 15 is 0 Å². The summed E-state index contributed by atoms with van der Waals surface area (Å²) in [6.45, 7) is 4.45. The molecule has 0 atom stereocenters. The first-order valence-electron chi connectivity index (χ1n) is 7.76. The van der Waals surface area contributed by atoms with Crippen LogP contribution in [0.2, 0.25) is 0 Å². The topological polar surface area (TPSA) is 70.8 Å². The number of rotatable bonds is 3. The summed E-state index contributed by atoms with van der Waals surface area (Å²) in [4.78, 5) is 20.8. The molecule has 24 heavy (non-hydrogen) atoms. The van der Waals surface area contributed by atoms with Crippen molar-refractivity contribution in [1.29, 1.82) is 0 Å². The first kappa shape index (κ1) is 14.5. The summed E-state index contributed by atoms with van der Waals surface area (Å²) in [5, 5.41) is 0. The van der Waals surface area contributed by atoms with Crippen molar-refractivity contribution in [2.75, 3.05) is 0 Å². The second kappa shape index (κ2) is 5.23. The van der Waals surface area contributed by atoms with Crippen LogP contribution >= 0.6 is 0 Å². The maximum Gasteiger partial charge on any atom is 0.419 e. The maximum absolute atomic E-state index is 11.9. The molecule has 4 rings (SSSR count). The van der Waals surface area contributed by atoms with E-state index < -0.39 is 0 Å². The summed E-state index contributed by atoms with van der Waals surface area (Å²) in [6, 6.07) is 5.70. The molecule has 0 amide bonds. The third-order valence-corrected chi connectivity index (χ3v) is 4.22. The van der Waals surface area contributed by atoms with Crippen LogP contribution in [0.5, 0.6) is 0 Å². The monoisotopic (exact) mass is 323 g/mol. The highest BCUT2D eigenvalue weighted by Crippen LogP contribution is 2.23. The van der Waals surface area contributed by atoms with Gasteiger partial charge in [-0.25, -0.2) is 14.8 Å². The molecule has 0 saturated carbocycles. The Hall–Kier alpha value is -3.09. The van der Waals surface area contributed by atoms with E-state index in [1.165, 1.54) is 0 Å². The van der Waals surface area contributed by atoms with Crippen LogP contribution in [0.4, 0.5) is 0 Å². The zero-order chi connectivity index (χ0) is 16.8. The van der Waals surface area contributed by atoms with Gasteiger partial charge in [-0.1, -0.05) is 0 Å². The summed E-state index contributed by atoms with van der Waals surface area (Å²) in [5.41, 5.74) is 3.03. The lowest BCUT2D eigenvalue weighted by Crippen LogP contribution is -2.11. The van der Waals surface area contributed by atoms with Crippen molar-refractivity contribution in [1.82, 2.24) is 23.7 Å². The van der Waals surface area contributed by atoms with Gasteiger partial charge in [0.25, 0.3) is 0 Å². The molecule has 0 saturated heterocycles. The largest absolute Gasteiger partial charge is 0.419 e. The first-order valence-corrected chi connectivity index (χ1v) is 7.76. The van der Waals surface area contributed by atoms with Crippen LogP contribution in [-0.2, 0) is 13.6 Å². The Labute approximate surface area is 137 Å². The highest BCUT2D eigenvalue weighted by atomic mass is 16.4. The average Bonchev–Trinajstić information content (AvgIpc) is 3.23. The quantitative estimate of drug-likeness (QED) is 0.581. The lowest BCUT2D eigenvalue weighted by Gasteiger charge is -2.06. The molecular weight excluding hydrogens is 306 g/mol. The molecule has 3 aromatic heterocycles. The third-order valence-electron chi connectivity index (χ3n) is 4.22. The van der Waals surface area contributed by atoms with E-state index in [1.807, 2.05) is 60.6 Å². The van der Waals surface area contributed by atoms with Crippen LogP contribution in [0.3, 0.4) is 0 Å². The van der Waals surface area contributed by atoms with Crippen molar-refractivity contribution in [3.63, 3.8) is 0 Å². The first-order chi connectivity index (χ1) is 11.6. The molecule has 0 aliphatic heterocycles. The van der Waals surface area contributed by atoms with E-state index in [-0.39, 0.29) is 5.76 Å². The Morgan fingerprint density at radius 2 is 2.12 bits per heavy atom. The van der Waals surface area contributed by atoms with Gasteiger partial charge >= 0.3 is 5.76 Å². The minimum atomic E-state index is -0.337. The fourth-order valence-corrected chi connectivity index (χ4v) is 2.87. The van der Waals surface area contributed by atoms with Gasteiger partial charge in [-0.05, 0) is 26.0 Å². The van der Waals surface area contributed by atoms with E-state index in [2.05, 4.69) is 9.97 Å². The van der Waals surface area contributed by atoms with Gasteiger partial charge in [0, 0.05) is 38.2 Å². The Morgan fingerprint density at radius 3 is 2.83 bits per heavy atom. The van der Waals surface area contributed by atoms with Gasteiger partial charge < -0.3 is 8.98 Å². The molecule has 4 aromatic rings. The Bertz CT molecular complexity index is 1080. The zero-order valence-corrected chi connectivity index (χ0v) is 13.7. The Kier molecular flexibility index (Phi) is 3.16. The number of benzene rings is 1. The van der Waals surface area contributed by atoms with Gasteiger partial charge in [-0.2, -0.15) is 0 Å². The van der Waals surface area contributed by atoms with Crippen molar-refractivity contribution >= 4 is 11.1 Å². The van der Waals surface area contributed by atoms with Crippen molar-refractivity contribution in [2.45, 2.75) is 20.4 Å². The predicted octanol–water partition coefficient (Wildman–Crippen LogP) is 2.51. The highest BCUT2D eigenvalue weighted by Gasteiger charge is 2.14. The van der Waals surface area contributed by atoms with E-state index in [9.17, 15) is 4.79 Å². The number of oxazole rings is 1. The van der Waals surface area contributed by atoms with Crippen LogP contribution in [0, 0.1) is 6.92 Å². The normalized spacial score (nSPS) is 11.5. The minimum absolute atomic E-state index is 0.337. The summed E-state index contributed by atoms with van der Waals surface area (Å²) >= 11 is 0. The van der Waals surface area contributed by atoms with Crippen molar-refractivity contribution in [2.24, 2.45) is 7.05 Å². The standard InChI is InChI=1S/C17H17N5O2/c1-4-21-14-6-5-12(9-15(14)24-17(21)23)22-8-7-18-16(22)13-10-20(3)11(2)19-13/h5-10H,4H2,1-3H3. The molecule has 0 aliphatic carbocycles. The van der Waals surface area contributed by atoms with Crippen molar-refractivity contribution < 1.29 is 4.42 Å². The van der Waals surface area contributed by atoms with Crippen molar-refractivity contribution in [3.05, 3.63) is 53.2 Å². The molecule has 0 radical (unpaired) electrons. The fraction of sp³-hybridized carbons (Fsp3) is 0.235. The summed E-state index contributed by atoms with van der Waals surface area (Å²) in [7, 11) is 1.95. The number of hydrogen-bond acceptors (Lipinski definition) is 4. The van der Waals surface area contributed by atoms with E-state index in [0.29, 0.717) is 12.1 Å². The maximum atomic E-state index is 11.9. The lowest BCUT2D eigenvalue weighted by atomic mass is 10.2. The summed E-state index contributed by atoms with van der Waals surface area (Å²) in [6.07, 6.45) is 5.55. The molecule has 0 unspecified atom stereocenters. The predicted molar refractivity (Wildman–Crippen MR) is 90.2 cm³/mol. The number of aryl methyl sites for hydroxylation is 3. The summed E-state index contributed by atoms with van der Waals surface area (Å²) in [5.74, 6) is 1.33. The number of nitrogens with zero attached hydrogens (tertiary/aromatic N) is 5. The average molecular weight is 323 g/mol. The van der Waals surface area contributed by atoms with E-state index in [1.54, 1.807) is 10.8 Å². The molecule has 0 N–H and O–H groups in total. The highest BCUT2D eigenvalue weighted by molar-refractivity contribution is 5.76. The van der Waals surface area contributed by atoms with Crippen LogP contribution < -0.4 is 5.76 Å². The molecule has 1 aromatic carbocycles. The van der Waals surface area contributed by atoms with Crippen LogP contribution in [0.15, 0.2) is 46.0 Å². The lowest BCUT2D eigenvalue weighted by molar-refractivity contribution is 0.513. The minimum Gasteiger partial charge on any atom is -0.408 e. The molecule has 7 nitrogen and oxygen atoms in total. The molecule has 3 heterocycles. The molecular formula is C17H17N5O2. The van der Waals surface area contributed by atoms with Gasteiger partial charge in [-0.15, -0.1) is 0 Å². The molecule has 0 spiro atoms. The Morgan fingerprint density at radius 1 is 1.29 bits per heavy atom. The van der Waals surface area contributed by atoms with Gasteiger partial charge in [0.15, 0.2) is 11.4 Å². The molecule has 0 aliphatic rings.